The molecule has 5 rings (SSSR count). The summed E-state index contributed by atoms with van der Waals surface area (Å²) in [5.74, 6) is 1.88. The largest absolute Gasteiger partial charge is 0.490 e. The molecule has 0 aromatic heterocycles. The monoisotopic (exact) mass is 455 g/mol. The second-order valence-corrected chi connectivity index (χ2v) is 8.48. The summed E-state index contributed by atoms with van der Waals surface area (Å²) in [6, 6.07) is 21.8. The van der Waals surface area contributed by atoms with E-state index >= 15 is 0 Å². The number of aryl methyl sites for hydroxylation is 1. The predicted octanol–water partition coefficient (Wildman–Crippen LogP) is 5.37. The number of hydrazone groups is 1. The Morgan fingerprint density at radius 3 is 2.32 bits per heavy atom. The number of nitrogens with zero attached hydrogens (tertiary/aromatic N) is 3. The van der Waals surface area contributed by atoms with Crippen LogP contribution in [0.1, 0.15) is 47.1 Å². The number of carbonyl (C=O) groups excluding carboxylic acids is 1. The molecule has 0 amide bonds. The van der Waals surface area contributed by atoms with E-state index in [4.69, 9.17) is 14.6 Å². The van der Waals surface area contributed by atoms with Crippen LogP contribution in [0.2, 0.25) is 0 Å². The second kappa shape index (κ2) is 9.21. The SMILES string of the molecule is CCOc1cc2c(cc1OCC)C1N(CC2)C(C(=O)c2ccccc2)=NN1c1ccc(C)cc1. The molecule has 0 saturated carbocycles. The van der Waals surface area contributed by atoms with Crippen molar-refractivity contribution in [3.8, 4) is 11.5 Å². The molecule has 1 atom stereocenters. The lowest BCUT2D eigenvalue weighted by atomic mass is 9.95. The van der Waals surface area contributed by atoms with E-state index < -0.39 is 0 Å². The first-order valence-electron chi connectivity index (χ1n) is 11.8. The number of fused-ring (bicyclic) bond motifs is 3. The van der Waals surface area contributed by atoms with Gasteiger partial charge in [0.2, 0.25) is 5.78 Å². The average Bonchev–Trinajstić information content (AvgIpc) is 3.25. The van der Waals surface area contributed by atoms with E-state index in [1.165, 1.54) is 11.1 Å². The van der Waals surface area contributed by atoms with Gasteiger partial charge in [-0.15, -0.1) is 5.10 Å². The minimum absolute atomic E-state index is 0.0698. The standard InChI is InChI=1S/C28H29N3O3/c1-4-33-24-17-21-15-16-30-27(26(32)20-9-7-6-8-10-20)29-31(22-13-11-19(3)12-14-22)28(30)23(21)18-25(24)34-5-2/h6-14,17-18,28H,4-5,15-16H2,1-3H3. The number of carbonyl (C=O) groups is 1. The quantitative estimate of drug-likeness (QED) is 0.449. The number of hydrogen-bond acceptors (Lipinski definition) is 6. The van der Waals surface area contributed by atoms with Crippen LogP contribution in [0.15, 0.2) is 71.8 Å². The lowest BCUT2D eigenvalue weighted by molar-refractivity contribution is 0.104. The molecule has 34 heavy (non-hydrogen) atoms. The lowest BCUT2D eigenvalue weighted by Crippen LogP contribution is -2.42. The topological polar surface area (TPSA) is 54.4 Å². The summed E-state index contributed by atoms with van der Waals surface area (Å²) in [5.41, 5.74) is 5.02. The Balaban J connectivity index is 1.62. The second-order valence-electron chi connectivity index (χ2n) is 8.48. The molecule has 3 aromatic rings. The summed E-state index contributed by atoms with van der Waals surface area (Å²) < 4.78 is 11.8. The molecule has 0 saturated heterocycles. The van der Waals surface area contributed by atoms with Crippen molar-refractivity contribution < 1.29 is 14.3 Å². The molecule has 6 heteroatoms. The molecule has 0 radical (unpaired) electrons. The molecule has 2 heterocycles. The minimum Gasteiger partial charge on any atom is -0.490 e. The van der Waals surface area contributed by atoms with Crippen LogP contribution < -0.4 is 14.5 Å². The number of hydrogen-bond donors (Lipinski definition) is 0. The molecule has 3 aromatic carbocycles. The third kappa shape index (κ3) is 3.89. The maximum Gasteiger partial charge on any atom is 0.229 e. The molecule has 2 aliphatic rings. The van der Waals surface area contributed by atoms with Crippen molar-refractivity contribution in [2.24, 2.45) is 5.10 Å². The molecule has 1 unspecified atom stereocenters. The van der Waals surface area contributed by atoms with Gasteiger partial charge in [-0.1, -0.05) is 48.0 Å². The third-order valence-corrected chi connectivity index (χ3v) is 6.24. The maximum absolute atomic E-state index is 13.5. The Bertz CT molecular complexity index is 1220. The molecule has 0 aliphatic carbocycles. The molecule has 0 fully saturated rings. The Labute approximate surface area is 200 Å². The first-order chi connectivity index (χ1) is 16.6. The van der Waals surface area contributed by atoms with Gasteiger partial charge in [-0.05, 0) is 57.0 Å². The minimum atomic E-state index is -0.232. The fourth-order valence-electron chi connectivity index (χ4n) is 4.63. The van der Waals surface area contributed by atoms with Crippen LogP contribution in [0.3, 0.4) is 0 Å². The molecule has 6 nitrogen and oxygen atoms in total. The van der Waals surface area contributed by atoms with Crippen LogP contribution in [-0.4, -0.2) is 36.3 Å². The van der Waals surface area contributed by atoms with Gasteiger partial charge in [0.05, 0.1) is 18.9 Å². The van der Waals surface area contributed by atoms with E-state index in [9.17, 15) is 4.79 Å². The number of ketones is 1. The fraction of sp³-hybridized carbons (Fsp3) is 0.286. The molecular weight excluding hydrogens is 426 g/mol. The van der Waals surface area contributed by atoms with Crippen molar-refractivity contribution in [1.29, 1.82) is 0 Å². The van der Waals surface area contributed by atoms with Crippen molar-refractivity contribution in [3.05, 3.63) is 89.0 Å². The predicted molar refractivity (Wildman–Crippen MR) is 134 cm³/mol. The number of anilines is 1. The summed E-state index contributed by atoms with van der Waals surface area (Å²) in [7, 11) is 0. The normalized spacial score (nSPS) is 16.6. The van der Waals surface area contributed by atoms with Crippen LogP contribution in [0.25, 0.3) is 0 Å². The highest BCUT2D eigenvalue weighted by Gasteiger charge is 2.43. The molecule has 0 bridgehead atoms. The fourth-order valence-corrected chi connectivity index (χ4v) is 4.63. The zero-order valence-corrected chi connectivity index (χ0v) is 19.8. The first-order valence-corrected chi connectivity index (χ1v) is 11.8. The van der Waals surface area contributed by atoms with E-state index in [2.05, 4.69) is 48.2 Å². The molecule has 174 valence electrons. The maximum atomic E-state index is 13.5. The zero-order valence-electron chi connectivity index (χ0n) is 19.8. The molecular formula is C28H29N3O3. The van der Waals surface area contributed by atoms with Crippen molar-refractivity contribution in [3.63, 3.8) is 0 Å². The van der Waals surface area contributed by atoms with Crippen LogP contribution in [-0.2, 0) is 6.42 Å². The smallest absolute Gasteiger partial charge is 0.229 e. The lowest BCUT2D eigenvalue weighted by Gasteiger charge is -2.37. The number of rotatable bonds is 7. The Kier molecular flexibility index (Phi) is 5.97. The Morgan fingerprint density at radius 2 is 1.65 bits per heavy atom. The van der Waals surface area contributed by atoms with Crippen LogP contribution >= 0.6 is 0 Å². The van der Waals surface area contributed by atoms with Gasteiger partial charge in [0.25, 0.3) is 0 Å². The van der Waals surface area contributed by atoms with Crippen molar-refractivity contribution in [2.75, 3.05) is 24.8 Å². The summed E-state index contributed by atoms with van der Waals surface area (Å²) in [6.07, 6.45) is 0.560. The van der Waals surface area contributed by atoms with Gasteiger partial charge in [-0.25, -0.2) is 5.01 Å². The van der Waals surface area contributed by atoms with Gasteiger partial charge in [0.15, 0.2) is 23.5 Å². The number of ether oxygens (including phenoxy) is 2. The summed E-state index contributed by atoms with van der Waals surface area (Å²) in [6.45, 7) is 7.81. The van der Waals surface area contributed by atoms with E-state index in [1.807, 2.05) is 49.2 Å². The molecule has 0 N–H and O–H groups in total. The van der Waals surface area contributed by atoms with Gasteiger partial charge in [0.1, 0.15) is 0 Å². The van der Waals surface area contributed by atoms with Crippen molar-refractivity contribution in [2.45, 2.75) is 33.4 Å². The highest BCUT2D eigenvalue weighted by molar-refractivity contribution is 6.45. The van der Waals surface area contributed by atoms with E-state index in [0.29, 0.717) is 31.2 Å². The van der Waals surface area contributed by atoms with Gasteiger partial charge >= 0.3 is 0 Å². The number of Topliss-reactive ketones (excluding diaryl/α,β-unsaturated/α-hetero) is 1. The van der Waals surface area contributed by atoms with Gasteiger partial charge in [-0.3, -0.25) is 4.79 Å². The van der Waals surface area contributed by atoms with E-state index in [0.717, 1.165) is 29.2 Å². The number of amidine groups is 1. The summed E-state index contributed by atoms with van der Waals surface area (Å²) in [4.78, 5) is 15.6. The van der Waals surface area contributed by atoms with Crippen LogP contribution in [0.5, 0.6) is 11.5 Å². The number of benzene rings is 3. The summed E-state index contributed by atoms with van der Waals surface area (Å²) in [5, 5.41) is 6.86. The molecule has 0 spiro atoms. The van der Waals surface area contributed by atoms with E-state index in [1.54, 1.807) is 0 Å². The van der Waals surface area contributed by atoms with Crippen molar-refractivity contribution in [1.82, 2.24) is 4.90 Å². The highest BCUT2D eigenvalue weighted by atomic mass is 16.5. The third-order valence-electron chi connectivity index (χ3n) is 6.24. The van der Waals surface area contributed by atoms with Crippen molar-refractivity contribution >= 4 is 17.3 Å². The van der Waals surface area contributed by atoms with Gasteiger partial charge in [-0.2, -0.15) is 0 Å². The molecule has 2 aliphatic heterocycles. The van der Waals surface area contributed by atoms with E-state index in [-0.39, 0.29) is 11.9 Å². The Hall–Kier alpha value is -3.80. The summed E-state index contributed by atoms with van der Waals surface area (Å²) >= 11 is 0. The highest BCUT2D eigenvalue weighted by Crippen LogP contribution is 2.44. The van der Waals surface area contributed by atoms with Gasteiger partial charge in [0, 0.05) is 17.7 Å². The van der Waals surface area contributed by atoms with Crippen LogP contribution in [0, 0.1) is 6.92 Å². The zero-order chi connectivity index (χ0) is 23.7. The van der Waals surface area contributed by atoms with Crippen LogP contribution in [0.4, 0.5) is 5.69 Å². The van der Waals surface area contributed by atoms with Gasteiger partial charge < -0.3 is 14.4 Å². The average molecular weight is 456 g/mol. The first kappa shape index (κ1) is 22.0. The Morgan fingerprint density at radius 1 is 0.971 bits per heavy atom.